The lowest BCUT2D eigenvalue weighted by atomic mass is 10.3. The fourth-order valence-electron chi connectivity index (χ4n) is 0.876. The van der Waals surface area contributed by atoms with Gasteiger partial charge in [0.25, 0.3) is 0 Å². The number of anilines is 1. The Bertz CT molecular complexity index is 383. The smallest absolute Gasteiger partial charge is 0.367 e. The van der Waals surface area contributed by atoms with Gasteiger partial charge in [-0.2, -0.15) is 0 Å². The molecule has 0 fully saturated rings. The maximum Gasteiger partial charge on any atom is 0.367 e. The molecule has 5 nitrogen and oxygen atoms in total. The summed E-state index contributed by atoms with van der Waals surface area (Å²) in [6.45, 7) is 0. The topological polar surface area (TPSA) is 67.4 Å². The van der Waals surface area contributed by atoms with Crippen molar-refractivity contribution >= 4 is 17.6 Å². The Kier molecular flexibility index (Phi) is 3.94. The first-order valence-electron chi connectivity index (χ1n) is 4.18. The van der Waals surface area contributed by atoms with E-state index in [0.29, 0.717) is 5.69 Å². The van der Waals surface area contributed by atoms with Gasteiger partial charge in [0, 0.05) is 0 Å². The molecule has 0 unspecified atom stereocenters. The number of esters is 1. The molecule has 0 radical (unpaired) electrons. The minimum atomic E-state index is -0.770. The third-order valence-electron chi connectivity index (χ3n) is 1.60. The lowest BCUT2D eigenvalue weighted by Crippen LogP contribution is -2.27. The van der Waals surface area contributed by atoms with Gasteiger partial charge in [-0.1, -0.05) is 18.2 Å². The zero-order chi connectivity index (χ0) is 11.1. The van der Waals surface area contributed by atoms with Gasteiger partial charge in [-0.05, 0) is 12.1 Å². The second kappa shape index (κ2) is 5.47. The summed E-state index contributed by atoms with van der Waals surface area (Å²) in [4.78, 5) is 21.3. The predicted octanol–water partition coefficient (Wildman–Crippen LogP) is 0.492. The van der Waals surface area contributed by atoms with Crippen LogP contribution in [0.2, 0.25) is 0 Å². The molecule has 0 aliphatic carbocycles. The molecule has 5 heteroatoms. The first kappa shape index (κ1) is 10.8. The zero-order valence-electron chi connectivity index (χ0n) is 8.11. The van der Waals surface area contributed by atoms with Crippen molar-refractivity contribution in [1.82, 2.24) is 5.43 Å². The summed E-state index contributed by atoms with van der Waals surface area (Å²) in [6, 6.07) is 9.01. The second-order valence-corrected chi connectivity index (χ2v) is 2.58. The van der Waals surface area contributed by atoms with Crippen molar-refractivity contribution in [1.29, 1.82) is 0 Å². The Morgan fingerprint density at radius 2 is 2.00 bits per heavy atom. The highest BCUT2D eigenvalue weighted by molar-refractivity contribution is 5.96. The number of carbonyl (C=O) groups is 1. The molecule has 2 N–H and O–H groups in total. The van der Waals surface area contributed by atoms with Gasteiger partial charge in [0.2, 0.25) is 5.70 Å². The number of methoxy groups -OCH3 is 1. The highest BCUT2D eigenvalue weighted by Gasteiger charge is 2.09. The number of hydrogen-bond donors (Lipinski definition) is 2. The van der Waals surface area contributed by atoms with E-state index < -0.39 is 5.97 Å². The van der Waals surface area contributed by atoms with Crippen LogP contribution in [0.4, 0.5) is 5.69 Å². The maximum absolute atomic E-state index is 10.9. The van der Waals surface area contributed by atoms with Gasteiger partial charge in [-0.3, -0.25) is 5.43 Å². The van der Waals surface area contributed by atoms with Gasteiger partial charge in [-0.25, -0.2) is 9.59 Å². The molecule has 0 heterocycles. The van der Waals surface area contributed by atoms with Crippen molar-refractivity contribution < 1.29 is 14.3 Å². The summed E-state index contributed by atoms with van der Waals surface area (Å²) in [6.07, 6.45) is 0. The van der Waals surface area contributed by atoms with Crippen molar-refractivity contribution in [2.45, 2.75) is 0 Å². The van der Waals surface area contributed by atoms with Crippen LogP contribution in [0.25, 0.3) is 0 Å². The SMILES string of the molecule is COC(=O)C(=C=O)NNc1ccccc1. The van der Waals surface area contributed by atoms with Crippen LogP contribution in [-0.2, 0) is 14.3 Å². The van der Waals surface area contributed by atoms with Gasteiger partial charge < -0.3 is 10.2 Å². The summed E-state index contributed by atoms with van der Waals surface area (Å²) in [5.74, 6) is 0.672. The van der Waals surface area contributed by atoms with E-state index >= 15 is 0 Å². The van der Waals surface area contributed by atoms with E-state index in [0.717, 1.165) is 0 Å². The Balaban J connectivity index is 2.57. The summed E-state index contributed by atoms with van der Waals surface area (Å²) in [5, 5.41) is 0. The molecule has 0 bridgehead atoms. The molecule has 1 aromatic rings. The molecular formula is C10H10N2O3. The number of para-hydroxylation sites is 1. The van der Waals surface area contributed by atoms with Crippen molar-refractivity contribution in [3.05, 3.63) is 36.0 Å². The zero-order valence-corrected chi connectivity index (χ0v) is 8.11. The molecule has 0 spiro atoms. The summed E-state index contributed by atoms with van der Waals surface area (Å²) in [7, 11) is 1.18. The second-order valence-electron chi connectivity index (χ2n) is 2.58. The van der Waals surface area contributed by atoms with Crippen LogP contribution in [0, 0.1) is 0 Å². The number of rotatable bonds is 4. The molecule has 0 saturated heterocycles. The predicted molar refractivity (Wildman–Crippen MR) is 54.4 cm³/mol. The van der Waals surface area contributed by atoms with E-state index in [-0.39, 0.29) is 5.70 Å². The quantitative estimate of drug-likeness (QED) is 0.325. The van der Waals surface area contributed by atoms with Crippen molar-refractivity contribution in [3.8, 4) is 0 Å². The number of hydrazine groups is 1. The van der Waals surface area contributed by atoms with Gasteiger partial charge in [0.15, 0.2) is 5.94 Å². The van der Waals surface area contributed by atoms with E-state index in [2.05, 4.69) is 15.6 Å². The third-order valence-corrected chi connectivity index (χ3v) is 1.60. The first-order valence-corrected chi connectivity index (χ1v) is 4.18. The molecule has 0 atom stereocenters. The molecule has 0 aliphatic rings. The highest BCUT2D eigenvalue weighted by atomic mass is 16.5. The maximum atomic E-state index is 10.9. The van der Waals surface area contributed by atoms with Crippen LogP contribution in [0.3, 0.4) is 0 Å². The van der Waals surface area contributed by atoms with Crippen LogP contribution in [0.15, 0.2) is 36.0 Å². The standard InChI is InChI=1S/C10H10N2O3/c1-15-10(14)9(7-13)12-11-8-5-3-2-4-6-8/h2-6,11-12H,1H3. The lowest BCUT2D eigenvalue weighted by Gasteiger charge is -2.08. The average molecular weight is 206 g/mol. The largest absolute Gasteiger partial charge is 0.464 e. The van der Waals surface area contributed by atoms with Gasteiger partial charge >= 0.3 is 5.97 Å². The van der Waals surface area contributed by atoms with E-state index in [1.165, 1.54) is 13.1 Å². The average Bonchev–Trinajstić information content (AvgIpc) is 2.31. The minimum Gasteiger partial charge on any atom is -0.464 e. The molecule has 0 aliphatic heterocycles. The fourth-order valence-corrected chi connectivity index (χ4v) is 0.876. The van der Waals surface area contributed by atoms with E-state index in [9.17, 15) is 9.59 Å². The molecule has 1 aromatic carbocycles. The van der Waals surface area contributed by atoms with E-state index in [1.807, 2.05) is 18.2 Å². The monoisotopic (exact) mass is 206 g/mol. The molecule has 0 aromatic heterocycles. The van der Waals surface area contributed by atoms with Crippen molar-refractivity contribution in [3.63, 3.8) is 0 Å². The van der Waals surface area contributed by atoms with Crippen LogP contribution in [-0.4, -0.2) is 19.0 Å². The summed E-state index contributed by atoms with van der Waals surface area (Å²) >= 11 is 0. The van der Waals surface area contributed by atoms with Crippen LogP contribution < -0.4 is 10.9 Å². The minimum absolute atomic E-state index is 0.304. The molecule has 0 amide bonds. The number of benzene rings is 1. The summed E-state index contributed by atoms with van der Waals surface area (Å²) in [5.41, 5.74) is 5.48. The van der Waals surface area contributed by atoms with Crippen molar-refractivity contribution in [2.24, 2.45) is 0 Å². The van der Waals surface area contributed by atoms with Crippen molar-refractivity contribution in [2.75, 3.05) is 12.5 Å². The number of hydrogen-bond acceptors (Lipinski definition) is 5. The normalized spacial score (nSPS) is 8.60. The molecule has 1 rings (SSSR count). The number of carbonyl (C=O) groups excluding carboxylic acids is 2. The summed E-state index contributed by atoms with van der Waals surface area (Å²) < 4.78 is 4.35. The molecule has 0 saturated carbocycles. The third kappa shape index (κ3) is 3.17. The Labute approximate surface area is 86.7 Å². The van der Waals surface area contributed by atoms with E-state index in [4.69, 9.17) is 0 Å². The van der Waals surface area contributed by atoms with Gasteiger partial charge in [0.05, 0.1) is 12.8 Å². The van der Waals surface area contributed by atoms with Crippen LogP contribution >= 0.6 is 0 Å². The van der Waals surface area contributed by atoms with E-state index in [1.54, 1.807) is 12.1 Å². The lowest BCUT2D eigenvalue weighted by molar-refractivity contribution is -0.136. The molecule has 15 heavy (non-hydrogen) atoms. The number of nitrogens with one attached hydrogen (secondary N) is 2. The van der Waals surface area contributed by atoms with Crippen LogP contribution in [0.1, 0.15) is 0 Å². The van der Waals surface area contributed by atoms with Gasteiger partial charge in [0.1, 0.15) is 0 Å². The molecule has 78 valence electrons. The molecular weight excluding hydrogens is 196 g/mol. The Morgan fingerprint density at radius 3 is 2.53 bits per heavy atom. The Morgan fingerprint density at radius 1 is 1.33 bits per heavy atom. The highest BCUT2D eigenvalue weighted by Crippen LogP contribution is 2.03. The van der Waals surface area contributed by atoms with Crippen LogP contribution in [0.5, 0.6) is 0 Å². The van der Waals surface area contributed by atoms with Gasteiger partial charge in [-0.15, -0.1) is 0 Å². The first-order chi connectivity index (χ1) is 7.27. The fraction of sp³-hybridized carbons (Fsp3) is 0.100. The number of ether oxygens (including phenoxy) is 1. The Hall–Kier alpha value is -2.26.